The zero-order chi connectivity index (χ0) is 20.8. The van der Waals surface area contributed by atoms with Crippen LogP contribution in [0.3, 0.4) is 0 Å². The molecule has 0 amide bonds. The molecule has 4 N–H and O–H groups in total. The predicted molar refractivity (Wildman–Crippen MR) is 108 cm³/mol. The molecule has 29 heavy (non-hydrogen) atoms. The number of fused-ring (bicyclic) bond motifs is 1. The lowest BCUT2D eigenvalue weighted by Crippen LogP contribution is -2.45. The second kappa shape index (κ2) is 7.02. The fourth-order valence-corrected chi connectivity index (χ4v) is 4.19. The molecule has 3 aromatic rings. The van der Waals surface area contributed by atoms with Crippen molar-refractivity contribution in [3.8, 4) is 11.3 Å². The molecule has 0 aliphatic heterocycles. The number of aryl methyl sites for hydroxylation is 1. The lowest BCUT2D eigenvalue weighted by Gasteiger charge is -2.35. The van der Waals surface area contributed by atoms with E-state index in [2.05, 4.69) is 20.3 Å². The molecular weight excluding hydrogens is 379 g/mol. The van der Waals surface area contributed by atoms with E-state index < -0.39 is 11.7 Å². The molecule has 4 rings (SSSR count). The van der Waals surface area contributed by atoms with Gasteiger partial charge in [0.15, 0.2) is 0 Å². The van der Waals surface area contributed by atoms with E-state index >= 15 is 0 Å². The Kier molecular flexibility index (Phi) is 4.77. The Hall–Kier alpha value is -2.61. The Morgan fingerprint density at radius 3 is 2.83 bits per heavy atom. The smallest absolute Gasteiger partial charge is 0.360 e. The number of rotatable bonds is 3. The van der Waals surface area contributed by atoms with E-state index in [-0.39, 0.29) is 23.2 Å². The first-order chi connectivity index (χ1) is 13.6. The first-order valence-corrected chi connectivity index (χ1v) is 9.71. The van der Waals surface area contributed by atoms with Crippen LogP contribution >= 0.6 is 0 Å². The highest BCUT2D eigenvalue weighted by Gasteiger charge is 2.36. The van der Waals surface area contributed by atoms with E-state index in [9.17, 15) is 13.2 Å². The van der Waals surface area contributed by atoms with Gasteiger partial charge in [-0.1, -0.05) is 18.2 Å². The molecule has 2 atom stereocenters. The summed E-state index contributed by atoms with van der Waals surface area (Å²) in [5.41, 5.74) is 7.15. The quantitative estimate of drug-likeness (QED) is 0.573. The van der Waals surface area contributed by atoms with Crippen LogP contribution in [0.2, 0.25) is 0 Å². The maximum absolute atomic E-state index is 13.7. The molecular formula is C21H24F3N5. The Labute approximate surface area is 166 Å². The number of hydrogen-bond acceptors (Lipinski definition) is 4. The maximum Gasteiger partial charge on any atom is 0.419 e. The van der Waals surface area contributed by atoms with Crippen LogP contribution < -0.4 is 11.1 Å². The Morgan fingerprint density at radius 1 is 1.31 bits per heavy atom. The van der Waals surface area contributed by atoms with Crippen LogP contribution in [0.15, 0.2) is 30.6 Å². The summed E-state index contributed by atoms with van der Waals surface area (Å²) in [6, 6.07) is 5.57. The van der Waals surface area contributed by atoms with Gasteiger partial charge in [0.2, 0.25) is 5.95 Å². The molecule has 0 unspecified atom stereocenters. The maximum atomic E-state index is 13.7. The minimum absolute atomic E-state index is 0.0357. The molecule has 5 nitrogen and oxygen atoms in total. The summed E-state index contributed by atoms with van der Waals surface area (Å²) in [6.07, 6.45) is 1.39. The van der Waals surface area contributed by atoms with Crippen molar-refractivity contribution in [2.24, 2.45) is 5.73 Å². The Morgan fingerprint density at radius 2 is 2.10 bits per heavy atom. The van der Waals surface area contributed by atoms with Crippen molar-refractivity contribution in [2.75, 3.05) is 5.32 Å². The topological polar surface area (TPSA) is 79.6 Å². The minimum atomic E-state index is -4.55. The Bertz CT molecular complexity index is 1040. The third-order valence-corrected chi connectivity index (χ3v) is 5.62. The summed E-state index contributed by atoms with van der Waals surface area (Å²) in [5.74, 6) is 0.192. The summed E-state index contributed by atoms with van der Waals surface area (Å²) in [6.45, 7) is 3.90. The van der Waals surface area contributed by atoms with Gasteiger partial charge in [-0.25, -0.2) is 9.97 Å². The molecule has 0 saturated heterocycles. The number of aromatic nitrogens is 3. The predicted octanol–water partition coefficient (Wildman–Crippen LogP) is 5.02. The van der Waals surface area contributed by atoms with Crippen LogP contribution in [0.4, 0.5) is 19.1 Å². The molecule has 154 valence electrons. The molecule has 2 aromatic heterocycles. The Balaban J connectivity index is 1.77. The molecule has 0 spiro atoms. The fraction of sp³-hybridized carbons (Fsp3) is 0.429. The molecule has 0 bridgehead atoms. The number of nitrogens with one attached hydrogen (secondary N) is 2. The SMILES string of the molecule is Cc1cccc2c(-c3nc(N[C@@H]4CCC[C@](C)(N)C4)ncc3C(F)(F)F)c[nH]c12. The summed E-state index contributed by atoms with van der Waals surface area (Å²) in [4.78, 5) is 11.3. The average Bonchev–Trinajstić information content (AvgIpc) is 3.05. The number of anilines is 1. The molecule has 8 heteroatoms. The monoisotopic (exact) mass is 403 g/mol. The zero-order valence-corrected chi connectivity index (χ0v) is 16.4. The number of benzene rings is 1. The first kappa shape index (κ1) is 19.7. The van der Waals surface area contributed by atoms with Crippen LogP contribution in [0.5, 0.6) is 0 Å². The number of aromatic amines is 1. The molecule has 1 aliphatic rings. The van der Waals surface area contributed by atoms with E-state index in [4.69, 9.17) is 5.73 Å². The minimum Gasteiger partial charge on any atom is -0.360 e. The molecule has 1 aliphatic carbocycles. The first-order valence-electron chi connectivity index (χ1n) is 9.71. The van der Waals surface area contributed by atoms with Crippen LogP contribution in [-0.2, 0) is 6.18 Å². The summed E-state index contributed by atoms with van der Waals surface area (Å²) in [7, 11) is 0. The van der Waals surface area contributed by atoms with Crippen molar-refractivity contribution in [1.82, 2.24) is 15.0 Å². The lowest BCUT2D eigenvalue weighted by molar-refractivity contribution is -0.137. The van der Waals surface area contributed by atoms with Gasteiger partial charge in [-0.2, -0.15) is 13.2 Å². The lowest BCUT2D eigenvalue weighted by atomic mass is 9.81. The van der Waals surface area contributed by atoms with Crippen molar-refractivity contribution < 1.29 is 13.2 Å². The number of nitrogens with zero attached hydrogens (tertiary/aromatic N) is 2. The average molecular weight is 403 g/mol. The molecule has 1 fully saturated rings. The number of nitrogens with two attached hydrogens (primary N) is 1. The normalized spacial score (nSPS) is 22.8. The van der Waals surface area contributed by atoms with Crippen LogP contribution in [0.1, 0.15) is 43.7 Å². The summed E-state index contributed by atoms with van der Waals surface area (Å²) in [5, 5.41) is 3.90. The van der Waals surface area contributed by atoms with Crippen LogP contribution in [-0.4, -0.2) is 26.5 Å². The van der Waals surface area contributed by atoms with Gasteiger partial charge in [0, 0.05) is 40.4 Å². The third kappa shape index (κ3) is 3.94. The standard InChI is InChI=1S/C21H24F3N5/c1-12-5-3-7-14-15(10-26-17(12)14)18-16(21(22,23)24)11-27-19(29-18)28-13-6-4-8-20(2,25)9-13/h3,5,7,10-11,13,26H,4,6,8-9,25H2,1-2H3,(H,27,28,29)/t13-,20+/m1/s1. The van der Waals surface area contributed by atoms with Gasteiger partial charge in [0.05, 0.1) is 5.69 Å². The second-order valence-corrected chi connectivity index (χ2v) is 8.25. The van der Waals surface area contributed by atoms with E-state index in [1.54, 1.807) is 12.3 Å². The van der Waals surface area contributed by atoms with Gasteiger partial charge in [-0.05, 0) is 45.1 Å². The highest BCUT2D eigenvalue weighted by molar-refractivity contribution is 5.97. The number of alkyl halides is 3. The number of hydrogen-bond donors (Lipinski definition) is 3. The van der Waals surface area contributed by atoms with Crippen LogP contribution in [0.25, 0.3) is 22.2 Å². The highest BCUT2D eigenvalue weighted by Crippen LogP contribution is 2.39. The van der Waals surface area contributed by atoms with Gasteiger partial charge >= 0.3 is 6.18 Å². The third-order valence-electron chi connectivity index (χ3n) is 5.62. The highest BCUT2D eigenvalue weighted by atomic mass is 19.4. The number of H-pyrrole nitrogens is 1. The van der Waals surface area contributed by atoms with Crippen molar-refractivity contribution in [3.63, 3.8) is 0 Å². The fourth-order valence-electron chi connectivity index (χ4n) is 4.19. The zero-order valence-electron chi connectivity index (χ0n) is 16.4. The van der Waals surface area contributed by atoms with Gasteiger partial charge < -0.3 is 16.0 Å². The van der Waals surface area contributed by atoms with E-state index in [0.717, 1.165) is 43.0 Å². The molecule has 1 saturated carbocycles. The van der Waals surface area contributed by atoms with E-state index in [1.807, 2.05) is 26.0 Å². The van der Waals surface area contributed by atoms with Crippen molar-refractivity contribution in [3.05, 3.63) is 41.7 Å². The molecule has 1 aromatic carbocycles. The summed E-state index contributed by atoms with van der Waals surface area (Å²) >= 11 is 0. The van der Waals surface area contributed by atoms with Crippen molar-refractivity contribution in [2.45, 2.75) is 57.3 Å². The number of halogens is 3. The number of para-hydroxylation sites is 1. The largest absolute Gasteiger partial charge is 0.419 e. The van der Waals surface area contributed by atoms with Gasteiger partial charge in [-0.15, -0.1) is 0 Å². The van der Waals surface area contributed by atoms with Gasteiger partial charge in [0.25, 0.3) is 0 Å². The van der Waals surface area contributed by atoms with E-state index in [0.29, 0.717) is 10.9 Å². The summed E-state index contributed by atoms with van der Waals surface area (Å²) < 4.78 is 41.1. The molecule has 2 heterocycles. The van der Waals surface area contributed by atoms with Gasteiger partial charge in [0.1, 0.15) is 5.56 Å². The van der Waals surface area contributed by atoms with Crippen LogP contribution in [0, 0.1) is 6.92 Å². The van der Waals surface area contributed by atoms with Gasteiger partial charge in [-0.3, -0.25) is 0 Å². The van der Waals surface area contributed by atoms with E-state index in [1.165, 1.54) is 0 Å². The van der Waals surface area contributed by atoms with Crippen molar-refractivity contribution in [1.29, 1.82) is 0 Å². The molecule has 0 radical (unpaired) electrons. The van der Waals surface area contributed by atoms with Crippen molar-refractivity contribution >= 4 is 16.9 Å². The second-order valence-electron chi connectivity index (χ2n) is 8.25.